The van der Waals surface area contributed by atoms with E-state index in [0.29, 0.717) is 5.75 Å². The van der Waals surface area contributed by atoms with Gasteiger partial charge in [-0.05, 0) is 30.3 Å². The molecule has 0 unspecified atom stereocenters. The Balaban J connectivity index is 2.17. The highest BCUT2D eigenvalue weighted by Gasteiger charge is 2.66. The molecule has 0 radical (unpaired) electrons. The molecular weight excluding hydrogens is 405 g/mol. The van der Waals surface area contributed by atoms with Gasteiger partial charge in [0.2, 0.25) is 5.72 Å². The lowest BCUT2D eigenvalue weighted by Crippen LogP contribution is -2.72. The van der Waals surface area contributed by atoms with Crippen LogP contribution in [0.1, 0.15) is 22.0 Å². The summed E-state index contributed by atoms with van der Waals surface area (Å²) in [5.74, 6) is -2.61. The number of ether oxygens (including phenoxy) is 2. The van der Waals surface area contributed by atoms with Gasteiger partial charge in [0.1, 0.15) is 17.4 Å². The second-order valence-electron chi connectivity index (χ2n) is 6.65. The molecule has 10 heteroatoms. The number of ketones is 1. The van der Waals surface area contributed by atoms with Crippen molar-refractivity contribution in [3.63, 3.8) is 0 Å². The molecule has 3 rings (SSSR count). The van der Waals surface area contributed by atoms with E-state index in [-0.39, 0.29) is 16.9 Å². The molecular formula is C20H19F3N2O5. The summed E-state index contributed by atoms with van der Waals surface area (Å²) in [6, 6.07) is 8.60. The molecule has 2 amide bonds. The van der Waals surface area contributed by atoms with Crippen LogP contribution in [0, 0.1) is 5.92 Å². The number of rotatable bonds is 5. The Labute approximate surface area is 169 Å². The SMILES string of the molecule is COc1ccc(C(=O)[C@H]2[C@H](c3ccccc3OC)NC(=O)N[C@]2(O)C(F)(F)F)cc1. The normalized spacial score (nSPS) is 23.9. The van der Waals surface area contributed by atoms with E-state index in [2.05, 4.69) is 5.32 Å². The smallest absolute Gasteiger partial charge is 0.437 e. The molecule has 2 aromatic carbocycles. The van der Waals surface area contributed by atoms with Crippen LogP contribution in [0.5, 0.6) is 11.5 Å². The number of urea groups is 1. The van der Waals surface area contributed by atoms with Gasteiger partial charge in [0.25, 0.3) is 0 Å². The van der Waals surface area contributed by atoms with E-state index in [0.717, 1.165) is 0 Å². The van der Waals surface area contributed by atoms with Crippen molar-refractivity contribution in [1.29, 1.82) is 0 Å². The summed E-state index contributed by atoms with van der Waals surface area (Å²) in [6.45, 7) is 0. The number of aliphatic hydroxyl groups is 1. The van der Waals surface area contributed by atoms with E-state index in [1.807, 2.05) is 0 Å². The lowest BCUT2D eigenvalue weighted by atomic mass is 9.77. The van der Waals surface area contributed by atoms with E-state index >= 15 is 0 Å². The van der Waals surface area contributed by atoms with Crippen molar-refractivity contribution in [2.75, 3.05) is 14.2 Å². The van der Waals surface area contributed by atoms with Gasteiger partial charge in [-0.2, -0.15) is 13.2 Å². The third-order valence-corrected chi connectivity index (χ3v) is 4.94. The van der Waals surface area contributed by atoms with Crippen LogP contribution >= 0.6 is 0 Å². The van der Waals surface area contributed by atoms with Crippen molar-refractivity contribution < 1.29 is 37.3 Å². The van der Waals surface area contributed by atoms with Gasteiger partial charge in [0.15, 0.2) is 5.78 Å². The minimum Gasteiger partial charge on any atom is -0.497 e. The van der Waals surface area contributed by atoms with E-state index in [1.165, 1.54) is 62.0 Å². The first-order valence-corrected chi connectivity index (χ1v) is 8.81. The maximum Gasteiger partial charge on any atom is 0.437 e. The molecule has 3 N–H and O–H groups in total. The topological polar surface area (TPSA) is 96.9 Å². The summed E-state index contributed by atoms with van der Waals surface area (Å²) in [7, 11) is 2.70. The minimum atomic E-state index is -5.34. The number of nitrogens with one attached hydrogen (secondary N) is 2. The molecule has 1 aliphatic rings. The summed E-state index contributed by atoms with van der Waals surface area (Å²) in [5, 5.41) is 14.4. The van der Waals surface area contributed by atoms with Crippen LogP contribution < -0.4 is 20.1 Å². The largest absolute Gasteiger partial charge is 0.497 e. The zero-order valence-corrected chi connectivity index (χ0v) is 16.0. The second kappa shape index (κ2) is 7.86. The number of Topliss-reactive ketones (excluding diaryl/α,β-unsaturated/α-hetero) is 1. The van der Waals surface area contributed by atoms with E-state index in [1.54, 1.807) is 6.07 Å². The minimum absolute atomic E-state index is 0.0960. The molecule has 0 saturated carbocycles. The predicted molar refractivity (Wildman–Crippen MR) is 99.2 cm³/mol. The summed E-state index contributed by atoms with van der Waals surface area (Å²) in [5.41, 5.74) is -3.79. The number of alkyl halides is 3. The van der Waals surface area contributed by atoms with Crippen molar-refractivity contribution in [3.8, 4) is 11.5 Å². The Morgan fingerprint density at radius 1 is 1.07 bits per heavy atom. The van der Waals surface area contributed by atoms with Gasteiger partial charge >= 0.3 is 12.2 Å². The van der Waals surface area contributed by atoms with Gasteiger partial charge in [-0.15, -0.1) is 0 Å². The summed E-state index contributed by atoms with van der Waals surface area (Å²) >= 11 is 0. The summed E-state index contributed by atoms with van der Waals surface area (Å²) in [6.07, 6.45) is -5.34. The molecule has 0 aromatic heterocycles. The van der Waals surface area contributed by atoms with Crippen molar-refractivity contribution in [2.24, 2.45) is 5.92 Å². The number of methoxy groups -OCH3 is 2. The molecule has 160 valence electrons. The number of halogens is 3. The Hall–Kier alpha value is -3.27. The van der Waals surface area contributed by atoms with Gasteiger partial charge in [-0.25, -0.2) is 4.79 Å². The fraction of sp³-hybridized carbons (Fsp3) is 0.300. The number of carbonyl (C=O) groups excluding carboxylic acids is 2. The Morgan fingerprint density at radius 3 is 2.27 bits per heavy atom. The molecule has 1 heterocycles. The molecule has 3 atom stereocenters. The Bertz CT molecular complexity index is 948. The molecule has 0 bridgehead atoms. The van der Waals surface area contributed by atoms with Gasteiger partial charge in [0, 0.05) is 11.1 Å². The van der Waals surface area contributed by atoms with Crippen LogP contribution in [0.3, 0.4) is 0 Å². The van der Waals surface area contributed by atoms with Gasteiger partial charge in [-0.3, -0.25) is 4.79 Å². The van der Waals surface area contributed by atoms with Gasteiger partial charge in [-0.1, -0.05) is 18.2 Å². The first-order valence-electron chi connectivity index (χ1n) is 8.81. The summed E-state index contributed by atoms with van der Waals surface area (Å²) in [4.78, 5) is 25.3. The van der Waals surface area contributed by atoms with E-state index in [9.17, 15) is 27.9 Å². The van der Waals surface area contributed by atoms with Crippen LogP contribution in [-0.4, -0.2) is 43.0 Å². The van der Waals surface area contributed by atoms with Crippen molar-refractivity contribution in [2.45, 2.75) is 17.9 Å². The van der Waals surface area contributed by atoms with Crippen LogP contribution in [0.15, 0.2) is 48.5 Å². The quantitative estimate of drug-likeness (QED) is 0.642. The van der Waals surface area contributed by atoms with Crippen molar-refractivity contribution in [3.05, 3.63) is 59.7 Å². The third kappa shape index (κ3) is 3.65. The number of amides is 2. The van der Waals surface area contributed by atoms with Crippen LogP contribution in [-0.2, 0) is 0 Å². The average Bonchev–Trinajstić information content (AvgIpc) is 2.72. The van der Waals surface area contributed by atoms with E-state index < -0.39 is 35.7 Å². The molecule has 2 aromatic rings. The first kappa shape index (κ1) is 21.4. The fourth-order valence-electron chi connectivity index (χ4n) is 3.46. The van der Waals surface area contributed by atoms with Crippen molar-refractivity contribution >= 4 is 11.8 Å². The number of carbonyl (C=O) groups is 2. The molecule has 0 aliphatic carbocycles. The molecule has 7 nitrogen and oxygen atoms in total. The second-order valence-corrected chi connectivity index (χ2v) is 6.65. The van der Waals surface area contributed by atoms with Gasteiger partial charge in [0.05, 0.1) is 20.3 Å². The lowest BCUT2D eigenvalue weighted by molar-refractivity contribution is -0.287. The Kier molecular flexibility index (Phi) is 5.62. The molecule has 1 fully saturated rings. The number of para-hydroxylation sites is 1. The fourth-order valence-corrected chi connectivity index (χ4v) is 3.46. The van der Waals surface area contributed by atoms with Crippen LogP contribution in [0.2, 0.25) is 0 Å². The average molecular weight is 424 g/mol. The maximum atomic E-state index is 13.9. The molecule has 1 saturated heterocycles. The highest BCUT2D eigenvalue weighted by atomic mass is 19.4. The zero-order valence-electron chi connectivity index (χ0n) is 16.0. The summed E-state index contributed by atoms with van der Waals surface area (Å²) < 4.78 is 51.9. The highest BCUT2D eigenvalue weighted by Crippen LogP contribution is 2.45. The highest BCUT2D eigenvalue weighted by molar-refractivity contribution is 6.00. The lowest BCUT2D eigenvalue weighted by Gasteiger charge is -2.45. The van der Waals surface area contributed by atoms with Crippen LogP contribution in [0.4, 0.5) is 18.0 Å². The van der Waals surface area contributed by atoms with Crippen LogP contribution in [0.25, 0.3) is 0 Å². The number of hydrogen-bond acceptors (Lipinski definition) is 5. The van der Waals surface area contributed by atoms with E-state index in [4.69, 9.17) is 9.47 Å². The number of hydrogen-bond donors (Lipinski definition) is 3. The molecule has 0 spiro atoms. The van der Waals surface area contributed by atoms with Crippen molar-refractivity contribution in [1.82, 2.24) is 10.6 Å². The predicted octanol–water partition coefficient (Wildman–Crippen LogP) is 2.81. The maximum absolute atomic E-state index is 13.9. The zero-order chi connectivity index (χ0) is 22.1. The monoisotopic (exact) mass is 424 g/mol. The first-order chi connectivity index (χ1) is 14.1. The molecule has 30 heavy (non-hydrogen) atoms. The molecule has 1 aliphatic heterocycles. The standard InChI is InChI=1S/C20H19F3N2O5/c1-29-12-9-7-11(8-10-12)17(26)15-16(13-5-3-4-6-14(13)30-2)24-18(27)25-19(15,28)20(21,22)23/h3-10,15-16,28H,1-2H3,(H2,24,25,27)/t15-,16+,19-/m1/s1. The van der Waals surface area contributed by atoms with Gasteiger partial charge < -0.3 is 25.2 Å². The third-order valence-electron chi connectivity index (χ3n) is 4.94. The number of benzene rings is 2. The Morgan fingerprint density at radius 2 is 1.70 bits per heavy atom.